The largest absolute Gasteiger partial charge is 0.479 e. The minimum Gasteiger partial charge on any atom is -0.479 e. The van der Waals surface area contributed by atoms with Crippen molar-refractivity contribution in [3.05, 3.63) is 27.2 Å². The highest BCUT2D eigenvalue weighted by Crippen LogP contribution is 2.34. The van der Waals surface area contributed by atoms with Gasteiger partial charge in [0, 0.05) is 6.07 Å². The lowest BCUT2D eigenvalue weighted by Gasteiger charge is -2.12. The highest BCUT2D eigenvalue weighted by Gasteiger charge is 2.15. The van der Waals surface area contributed by atoms with Crippen molar-refractivity contribution in [3.8, 4) is 5.75 Å². The van der Waals surface area contributed by atoms with E-state index in [-0.39, 0.29) is 20.8 Å². The normalized spacial score (nSPS) is 12.3. The molecule has 0 spiro atoms. The lowest BCUT2D eigenvalue weighted by molar-refractivity contribution is -0.144. The van der Waals surface area contributed by atoms with Crippen molar-refractivity contribution in [2.45, 2.75) is 13.0 Å². The molecule has 0 heterocycles. The fraction of sp³-hybridized carbons (Fsp3) is 0.222. The number of rotatable bonds is 3. The van der Waals surface area contributed by atoms with Crippen LogP contribution in [0, 0.1) is 0 Å². The molecule has 1 N–H and O–H groups in total. The number of ether oxygens (including phenoxy) is 1. The maximum atomic E-state index is 10.5. The lowest BCUT2D eigenvalue weighted by atomic mass is 10.3. The lowest BCUT2D eigenvalue weighted by Crippen LogP contribution is -2.22. The number of carboxylic acids is 1. The van der Waals surface area contributed by atoms with Gasteiger partial charge in [-0.2, -0.15) is 0 Å². The molecule has 0 saturated heterocycles. The molecule has 0 radical (unpaired) electrons. The Kier molecular flexibility index (Phi) is 4.08. The molecule has 3 nitrogen and oxygen atoms in total. The van der Waals surface area contributed by atoms with E-state index in [1.54, 1.807) is 0 Å². The molecule has 0 unspecified atom stereocenters. The number of benzene rings is 1. The van der Waals surface area contributed by atoms with Crippen molar-refractivity contribution < 1.29 is 14.6 Å². The van der Waals surface area contributed by atoms with Gasteiger partial charge in [0.25, 0.3) is 0 Å². The Morgan fingerprint density at radius 2 is 1.80 bits per heavy atom. The molecule has 1 aromatic carbocycles. The Labute approximate surface area is 102 Å². The summed E-state index contributed by atoms with van der Waals surface area (Å²) in [5.74, 6) is -0.891. The van der Waals surface area contributed by atoms with Crippen molar-refractivity contribution in [3.63, 3.8) is 0 Å². The number of halogens is 3. The third kappa shape index (κ3) is 3.16. The van der Waals surface area contributed by atoms with E-state index in [4.69, 9.17) is 44.6 Å². The second-order valence-corrected chi connectivity index (χ2v) is 4.02. The summed E-state index contributed by atoms with van der Waals surface area (Å²) in [6.45, 7) is 1.39. The summed E-state index contributed by atoms with van der Waals surface area (Å²) >= 11 is 17.2. The van der Waals surface area contributed by atoms with E-state index in [1.165, 1.54) is 19.1 Å². The average Bonchev–Trinajstić information content (AvgIpc) is 2.13. The van der Waals surface area contributed by atoms with Gasteiger partial charge < -0.3 is 9.84 Å². The third-order valence-corrected chi connectivity index (χ3v) is 2.64. The maximum Gasteiger partial charge on any atom is 0.344 e. The van der Waals surface area contributed by atoms with Gasteiger partial charge in [0.15, 0.2) is 6.10 Å². The van der Waals surface area contributed by atoms with Crippen LogP contribution in [0.5, 0.6) is 5.75 Å². The van der Waals surface area contributed by atoms with E-state index < -0.39 is 12.1 Å². The van der Waals surface area contributed by atoms with Gasteiger partial charge in [-0.15, -0.1) is 0 Å². The van der Waals surface area contributed by atoms with Crippen LogP contribution < -0.4 is 4.74 Å². The molecule has 0 amide bonds. The summed E-state index contributed by atoms with van der Waals surface area (Å²) in [6, 6.07) is 2.78. The molecule has 6 heteroatoms. The molecular formula is C9H7Cl3O3. The standard InChI is InChI=1S/C9H7Cl3O3/c1-4(9(13)14)15-8-3-6(11)5(10)2-7(8)12/h2-4H,1H3,(H,13,14)/t4-/m1/s1. The van der Waals surface area contributed by atoms with Crippen LogP contribution in [0.2, 0.25) is 15.1 Å². The fourth-order valence-corrected chi connectivity index (χ4v) is 1.42. The molecule has 0 aliphatic carbocycles. The predicted molar refractivity (Wildman–Crippen MR) is 59.2 cm³/mol. The summed E-state index contributed by atoms with van der Waals surface area (Å²) < 4.78 is 5.07. The van der Waals surface area contributed by atoms with E-state index in [2.05, 4.69) is 0 Å². The fourth-order valence-electron chi connectivity index (χ4n) is 0.835. The summed E-state index contributed by atoms with van der Waals surface area (Å²) in [5, 5.41) is 9.40. The molecule has 15 heavy (non-hydrogen) atoms. The first-order chi connectivity index (χ1) is 6.91. The molecule has 0 aromatic heterocycles. The number of aliphatic carboxylic acids is 1. The zero-order valence-electron chi connectivity index (χ0n) is 7.63. The molecule has 82 valence electrons. The topological polar surface area (TPSA) is 46.5 Å². The molecule has 0 saturated carbocycles. The quantitative estimate of drug-likeness (QED) is 0.854. The highest BCUT2D eigenvalue weighted by molar-refractivity contribution is 6.43. The molecule has 1 rings (SSSR count). The monoisotopic (exact) mass is 268 g/mol. The van der Waals surface area contributed by atoms with Crippen LogP contribution in [0.25, 0.3) is 0 Å². The van der Waals surface area contributed by atoms with Gasteiger partial charge in [-0.25, -0.2) is 4.79 Å². The van der Waals surface area contributed by atoms with Crippen molar-refractivity contribution >= 4 is 40.8 Å². The van der Waals surface area contributed by atoms with Crippen LogP contribution in [0.1, 0.15) is 6.92 Å². The maximum absolute atomic E-state index is 10.5. The van der Waals surface area contributed by atoms with Crippen LogP contribution in [-0.2, 0) is 4.79 Å². The molecule has 0 bridgehead atoms. The van der Waals surface area contributed by atoms with Gasteiger partial charge in [0.2, 0.25) is 0 Å². The average molecular weight is 270 g/mol. The third-order valence-electron chi connectivity index (χ3n) is 1.63. The molecule has 0 fully saturated rings. The van der Waals surface area contributed by atoms with Crippen LogP contribution in [0.4, 0.5) is 0 Å². The summed E-state index contributed by atoms with van der Waals surface area (Å²) in [4.78, 5) is 10.5. The van der Waals surface area contributed by atoms with Crippen molar-refractivity contribution in [2.24, 2.45) is 0 Å². The van der Waals surface area contributed by atoms with Crippen LogP contribution in [0.3, 0.4) is 0 Å². The first-order valence-electron chi connectivity index (χ1n) is 3.96. The van der Waals surface area contributed by atoms with E-state index in [0.717, 1.165) is 0 Å². The summed E-state index contributed by atoms with van der Waals surface area (Å²) in [6.07, 6.45) is -1.00. The minimum atomic E-state index is -1.09. The van der Waals surface area contributed by atoms with E-state index >= 15 is 0 Å². The SMILES string of the molecule is C[C@@H](Oc1cc(Cl)c(Cl)cc1Cl)C(=O)O. The predicted octanol–water partition coefficient (Wildman–Crippen LogP) is 3.50. The molecule has 0 aliphatic rings. The Hall–Kier alpha value is -0.640. The number of hydrogen-bond acceptors (Lipinski definition) is 2. The van der Waals surface area contributed by atoms with E-state index in [0.29, 0.717) is 0 Å². The number of carboxylic acid groups (broad SMARTS) is 1. The van der Waals surface area contributed by atoms with Gasteiger partial charge in [-0.05, 0) is 13.0 Å². The molecule has 1 aromatic rings. The Morgan fingerprint density at radius 3 is 2.33 bits per heavy atom. The Bertz CT molecular complexity index is 392. The van der Waals surface area contributed by atoms with Crippen LogP contribution in [0.15, 0.2) is 12.1 Å². The zero-order valence-corrected chi connectivity index (χ0v) is 9.90. The van der Waals surface area contributed by atoms with E-state index in [9.17, 15) is 4.79 Å². The second kappa shape index (κ2) is 4.92. The van der Waals surface area contributed by atoms with Crippen molar-refractivity contribution in [1.29, 1.82) is 0 Å². The number of carbonyl (C=O) groups is 1. The van der Waals surface area contributed by atoms with Crippen molar-refractivity contribution in [2.75, 3.05) is 0 Å². The van der Waals surface area contributed by atoms with Gasteiger partial charge in [0.05, 0.1) is 15.1 Å². The number of hydrogen-bond donors (Lipinski definition) is 1. The molecule has 0 aliphatic heterocycles. The van der Waals surface area contributed by atoms with Gasteiger partial charge in [-0.1, -0.05) is 34.8 Å². The Balaban J connectivity index is 2.95. The smallest absolute Gasteiger partial charge is 0.344 e. The minimum absolute atomic E-state index is 0.195. The zero-order chi connectivity index (χ0) is 11.6. The van der Waals surface area contributed by atoms with Gasteiger partial charge in [-0.3, -0.25) is 0 Å². The van der Waals surface area contributed by atoms with E-state index in [1.807, 2.05) is 0 Å². The van der Waals surface area contributed by atoms with Crippen molar-refractivity contribution in [1.82, 2.24) is 0 Å². The molecule has 1 atom stereocenters. The van der Waals surface area contributed by atoms with Gasteiger partial charge in [0.1, 0.15) is 5.75 Å². The Morgan fingerprint density at radius 1 is 1.27 bits per heavy atom. The second-order valence-electron chi connectivity index (χ2n) is 2.80. The highest BCUT2D eigenvalue weighted by atomic mass is 35.5. The first kappa shape index (κ1) is 12.4. The van der Waals surface area contributed by atoms with Crippen LogP contribution >= 0.6 is 34.8 Å². The molecular weight excluding hydrogens is 262 g/mol. The van der Waals surface area contributed by atoms with Crippen LogP contribution in [-0.4, -0.2) is 17.2 Å². The first-order valence-corrected chi connectivity index (χ1v) is 5.09. The van der Waals surface area contributed by atoms with Gasteiger partial charge >= 0.3 is 5.97 Å². The summed E-state index contributed by atoms with van der Waals surface area (Å²) in [7, 11) is 0. The summed E-state index contributed by atoms with van der Waals surface area (Å²) in [5.41, 5.74) is 0.